The Bertz CT molecular complexity index is 551. The molecule has 1 atom stereocenters. The molecule has 4 nitrogen and oxygen atoms in total. The van der Waals surface area contributed by atoms with Crippen LogP contribution >= 0.6 is 11.6 Å². The minimum absolute atomic E-state index is 0.157. The third-order valence-corrected chi connectivity index (χ3v) is 3.84. The maximum Gasteiger partial charge on any atom is 0.0834 e. The SMILES string of the molecule is CNC(Cc1ccccc1)c1c(Cl)cnn1CCN(C)C. The average molecular weight is 307 g/mol. The highest BCUT2D eigenvalue weighted by atomic mass is 35.5. The van der Waals surface area contributed by atoms with Gasteiger partial charge in [0.15, 0.2) is 0 Å². The highest BCUT2D eigenvalue weighted by molar-refractivity contribution is 6.31. The molecule has 1 aromatic carbocycles. The number of hydrogen-bond acceptors (Lipinski definition) is 3. The van der Waals surface area contributed by atoms with Gasteiger partial charge < -0.3 is 10.2 Å². The van der Waals surface area contributed by atoms with Gasteiger partial charge in [0, 0.05) is 6.54 Å². The van der Waals surface area contributed by atoms with Crippen molar-refractivity contribution in [2.45, 2.75) is 19.0 Å². The number of halogens is 1. The second-order valence-electron chi connectivity index (χ2n) is 5.44. The standard InChI is InChI=1S/C16H23ClN4/c1-18-15(11-13-7-5-4-6-8-13)16-14(17)12-19-21(16)10-9-20(2)3/h4-8,12,15,18H,9-11H2,1-3H3. The highest BCUT2D eigenvalue weighted by Crippen LogP contribution is 2.25. The first kappa shape index (κ1) is 16.0. The van der Waals surface area contributed by atoms with Crippen molar-refractivity contribution in [3.63, 3.8) is 0 Å². The second-order valence-corrected chi connectivity index (χ2v) is 5.84. The summed E-state index contributed by atoms with van der Waals surface area (Å²) in [7, 11) is 6.09. The first-order chi connectivity index (χ1) is 10.1. The summed E-state index contributed by atoms with van der Waals surface area (Å²) in [5.74, 6) is 0. The molecule has 5 heteroatoms. The summed E-state index contributed by atoms with van der Waals surface area (Å²) in [5.41, 5.74) is 2.35. The molecular formula is C16H23ClN4. The molecule has 0 aliphatic heterocycles. The maximum absolute atomic E-state index is 6.36. The van der Waals surface area contributed by atoms with Gasteiger partial charge in [-0.3, -0.25) is 4.68 Å². The summed E-state index contributed by atoms with van der Waals surface area (Å²) in [5, 5.41) is 8.51. The number of rotatable bonds is 7. The third-order valence-electron chi connectivity index (χ3n) is 3.55. The minimum atomic E-state index is 0.157. The number of hydrogen-bond donors (Lipinski definition) is 1. The second kappa shape index (κ2) is 7.59. The van der Waals surface area contributed by atoms with Crippen molar-refractivity contribution in [1.29, 1.82) is 0 Å². The third kappa shape index (κ3) is 4.30. The topological polar surface area (TPSA) is 33.1 Å². The van der Waals surface area contributed by atoms with Crippen molar-refractivity contribution in [2.24, 2.45) is 0 Å². The molecule has 0 saturated carbocycles. The molecule has 1 heterocycles. The van der Waals surface area contributed by atoms with Crippen LogP contribution in [-0.4, -0.2) is 42.4 Å². The van der Waals surface area contributed by atoms with Gasteiger partial charge in [-0.15, -0.1) is 0 Å². The predicted octanol–water partition coefficient (Wildman–Crippen LogP) is 2.60. The Morgan fingerprint density at radius 1 is 1.29 bits per heavy atom. The smallest absolute Gasteiger partial charge is 0.0834 e. The molecule has 0 aliphatic rings. The Kier molecular flexibility index (Phi) is 5.79. The van der Waals surface area contributed by atoms with E-state index >= 15 is 0 Å². The van der Waals surface area contributed by atoms with Crippen molar-refractivity contribution >= 4 is 11.6 Å². The number of aromatic nitrogens is 2. The average Bonchev–Trinajstić information content (AvgIpc) is 2.85. The molecule has 0 amide bonds. The van der Waals surface area contributed by atoms with Crippen molar-refractivity contribution in [3.05, 3.63) is 52.8 Å². The van der Waals surface area contributed by atoms with Crippen molar-refractivity contribution in [1.82, 2.24) is 20.0 Å². The zero-order valence-corrected chi connectivity index (χ0v) is 13.6. The van der Waals surface area contributed by atoms with Gasteiger partial charge in [-0.2, -0.15) is 5.10 Å². The van der Waals surface area contributed by atoms with Crippen LogP contribution in [0.15, 0.2) is 36.5 Å². The quantitative estimate of drug-likeness (QED) is 0.853. The molecule has 0 fully saturated rings. The highest BCUT2D eigenvalue weighted by Gasteiger charge is 2.19. The molecule has 2 aromatic rings. The largest absolute Gasteiger partial charge is 0.311 e. The maximum atomic E-state index is 6.36. The molecule has 1 N–H and O–H groups in total. The molecule has 0 radical (unpaired) electrons. The van der Waals surface area contributed by atoms with Gasteiger partial charge >= 0.3 is 0 Å². The van der Waals surface area contributed by atoms with Crippen LogP contribution in [0.2, 0.25) is 5.02 Å². The summed E-state index contributed by atoms with van der Waals surface area (Å²) < 4.78 is 2.01. The Hall–Kier alpha value is -1.36. The van der Waals surface area contributed by atoms with E-state index in [-0.39, 0.29) is 6.04 Å². The summed E-state index contributed by atoms with van der Waals surface area (Å²) in [6.07, 6.45) is 2.63. The zero-order valence-electron chi connectivity index (χ0n) is 12.9. The van der Waals surface area contributed by atoms with Crippen LogP contribution in [0.4, 0.5) is 0 Å². The Morgan fingerprint density at radius 3 is 2.62 bits per heavy atom. The minimum Gasteiger partial charge on any atom is -0.311 e. The lowest BCUT2D eigenvalue weighted by Crippen LogP contribution is -2.26. The molecule has 0 saturated heterocycles. The Labute approximate surface area is 131 Å². The van der Waals surface area contributed by atoms with E-state index < -0.39 is 0 Å². The van der Waals surface area contributed by atoms with Crippen molar-refractivity contribution in [2.75, 3.05) is 27.7 Å². The first-order valence-electron chi connectivity index (χ1n) is 7.19. The van der Waals surface area contributed by atoms with E-state index in [1.54, 1.807) is 6.20 Å². The van der Waals surface area contributed by atoms with Gasteiger partial charge in [0.1, 0.15) is 0 Å². The van der Waals surface area contributed by atoms with Crippen LogP contribution in [-0.2, 0) is 13.0 Å². The fraction of sp³-hybridized carbons (Fsp3) is 0.438. The number of nitrogens with zero attached hydrogens (tertiary/aromatic N) is 3. The molecule has 2 rings (SSSR count). The molecular weight excluding hydrogens is 284 g/mol. The molecule has 1 unspecified atom stereocenters. The van der Waals surface area contributed by atoms with E-state index in [0.29, 0.717) is 0 Å². The molecule has 0 aliphatic carbocycles. The van der Waals surface area contributed by atoms with Gasteiger partial charge in [0.25, 0.3) is 0 Å². The summed E-state index contributed by atoms with van der Waals surface area (Å²) >= 11 is 6.36. The zero-order chi connectivity index (χ0) is 15.2. The first-order valence-corrected chi connectivity index (χ1v) is 7.56. The van der Waals surface area contributed by atoms with Crippen molar-refractivity contribution < 1.29 is 0 Å². The number of likely N-dealkylation sites (N-methyl/N-ethyl adjacent to an activating group) is 2. The Morgan fingerprint density at radius 2 is 2.00 bits per heavy atom. The lowest BCUT2D eigenvalue weighted by atomic mass is 10.0. The van der Waals surface area contributed by atoms with Gasteiger partial charge in [0.2, 0.25) is 0 Å². The summed E-state index contributed by atoms with van der Waals surface area (Å²) in [4.78, 5) is 2.14. The molecule has 0 spiro atoms. The molecule has 1 aromatic heterocycles. The lowest BCUT2D eigenvalue weighted by molar-refractivity contribution is 0.363. The van der Waals surface area contributed by atoms with E-state index in [2.05, 4.69) is 53.7 Å². The van der Waals surface area contributed by atoms with Gasteiger partial charge in [0.05, 0.1) is 29.5 Å². The fourth-order valence-electron chi connectivity index (χ4n) is 2.38. The normalized spacial score (nSPS) is 12.8. The van der Waals surface area contributed by atoms with E-state index in [1.165, 1.54) is 5.56 Å². The van der Waals surface area contributed by atoms with E-state index in [9.17, 15) is 0 Å². The van der Waals surface area contributed by atoms with Crippen LogP contribution in [0.25, 0.3) is 0 Å². The Balaban J connectivity index is 2.19. The van der Waals surface area contributed by atoms with Crippen LogP contribution in [0, 0.1) is 0 Å². The van der Waals surface area contributed by atoms with Crippen LogP contribution in [0.1, 0.15) is 17.3 Å². The monoisotopic (exact) mass is 306 g/mol. The number of benzene rings is 1. The lowest BCUT2D eigenvalue weighted by Gasteiger charge is -2.20. The van der Waals surface area contributed by atoms with Crippen LogP contribution in [0.3, 0.4) is 0 Å². The molecule has 114 valence electrons. The van der Waals surface area contributed by atoms with Gasteiger partial charge in [-0.25, -0.2) is 0 Å². The van der Waals surface area contributed by atoms with Gasteiger partial charge in [-0.1, -0.05) is 41.9 Å². The van der Waals surface area contributed by atoms with E-state index in [0.717, 1.165) is 30.2 Å². The predicted molar refractivity (Wildman–Crippen MR) is 87.7 cm³/mol. The fourth-order valence-corrected chi connectivity index (χ4v) is 2.65. The molecule has 0 bridgehead atoms. The van der Waals surface area contributed by atoms with Crippen molar-refractivity contribution in [3.8, 4) is 0 Å². The van der Waals surface area contributed by atoms with E-state index in [1.807, 2.05) is 17.8 Å². The van der Waals surface area contributed by atoms with E-state index in [4.69, 9.17) is 11.6 Å². The molecule has 21 heavy (non-hydrogen) atoms. The van der Waals surface area contributed by atoms with Crippen LogP contribution < -0.4 is 5.32 Å². The number of nitrogens with one attached hydrogen (secondary N) is 1. The summed E-state index contributed by atoms with van der Waals surface area (Å²) in [6, 6.07) is 10.6. The summed E-state index contributed by atoms with van der Waals surface area (Å²) in [6.45, 7) is 1.77. The van der Waals surface area contributed by atoms with Gasteiger partial charge in [-0.05, 0) is 33.1 Å². The van der Waals surface area contributed by atoms with Crippen LogP contribution in [0.5, 0.6) is 0 Å².